The smallest absolute Gasteiger partial charge is 0.303 e. The maximum atomic E-state index is 13.3. The topological polar surface area (TPSA) is 96.4 Å². The summed E-state index contributed by atoms with van der Waals surface area (Å²) in [5, 5.41) is 0. The Morgan fingerprint density at radius 2 is 1.94 bits per heavy atom. The van der Waals surface area contributed by atoms with Crippen LogP contribution in [-0.2, 0) is 20.6 Å². The Hall–Kier alpha value is -2.73. The average Bonchev–Trinajstić information content (AvgIpc) is 3.26. The molecule has 33 heavy (non-hydrogen) atoms. The SMILES string of the molecule is C[C@H]1CN(c2cnc(C(C)(F)F)nc2)CCN1C(=O)CCS(=O)(=O)c1cccc2ncsc12. The average molecular weight is 496 g/mol. The summed E-state index contributed by atoms with van der Waals surface area (Å²) in [6.45, 7) is 3.92. The minimum absolute atomic E-state index is 0.120. The van der Waals surface area contributed by atoms with Crippen molar-refractivity contribution in [3.63, 3.8) is 0 Å². The van der Waals surface area contributed by atoms with E-state index in [9.17, 15) is 22.0 Å². The number of carbonyl (C=O) groups is 1. The van der Waals surface area contributed by atoms with E-state index >= 15 is 0 Å². The van der Waals surface area contributed by atoms with Crippen LogP contribution in [0.15, 0.2) is 41.0 Å². The number of anilines is 1. The fourth-order valence-electron chi connectivity index (χ4n) is 3.85. The lowest BCUT2D eigenvalue weighted by Crippen LogP contribution is -2.54. The van der Waals surface area contributed by atoms with Crippen LogP contribution >= 0.6 is 11.3 Å². The minimum Gasteiger partial charge on any atom is -0.365 e. The molecule has 4 rings (SSSR count). The van der Waals surface area contributed by atoms with Crippen molar-refractivity contribution in [2.24, 2.45) is 0 Å². The quantitative estimate of drug-likeness (QED) is 0.518. The maximum Gasteiger partial charge on any atom is 0.303 e. The van der Waals surface area contributed by atoms with E-state index < -0.39 is 21.6 Å². The number of aromatic nitrogens is 3. The van der Waals surface area contributed by atoms with E-state index in [0.717, 1.165) is 6.92 Å². The molecule has 3 heterocycles. The van der Waals surface area contributed by atoms with Crippen LogP contribution in [-0.4, -0.2) is 65.6 Å². The number of hydrogen-bond donors (Lipinski definition) is 0. The Balaban J connectivity index is 1.38. The maximum absolute atomic E-state index is 13.3. The third kappa shape index (κ3) is 4.96. The Kier molecular flexibility index (Phi) is 6.32. The first-order valence-corrected chi connectivity index (χ1v) is 12.9. The zero-order valence-corrected chi connectivity index (χ0v) is 19.7. The molecule has 1 atom stereocenters. The Labute approximate surface area is 194 Å². The number of sulfone groups is 1. The number of benzene rings is 1. The number of hydrogen-bond acceptors (Lipinski definition) is 8. The van der Waals surface area contributed by atoms with Gasteiger partial charge in [0, 0.05) is 39.0 Å². The first-order valence-electron chi connectivity index (χ1n) is 10.4. The number of carbonyl (C=O) groups excluding carboxylic acids is 1. The molecule has 1 amide bonds. The number of fused-ring (bicyclic) bond motifs is 1. The zero-order chi connectivity index (χ0) is 23.8. The molecule has 2 aromatic heterocycles. The van der Waals surface area contributed by atoms with Crippen molar-refractivity contribution in [3.05, 3.63) is 41.9 Å². The molecule has 0 aliphatic carbocycles. The monoisotopic (exact) mass is 495 g/mol. The number of halogens is 2. The van der Waals surface area contributed by atoms with Gasteiger partial charge in [-0.2, -0.15) is 8.78 Å². The van der Waals surface area contributed by atoms with Crippen LogP contribution in [0.25, 0.3) is 10.2 Å². The van der Waals surface area contributed by atoms with Gasteiger partial charge in [0.2, 0.25) is 5.91 Å². The van der Waals surface area contributed by atoms with Crippen molar-refractivity contribution >= 4 is 43.0 Å². The molecule has 0 N–H and O–H groups in total. The van der Waals surface area contributed by atoms with Crippen molar-refractivity contribution in [2.45, 2.75) is 37.1 Å². The number of thiazole rings is 1. The molecule has 1 aliphatic heterocycles. The van der Waals surface area contributed by atoms with E-state index in [-0.39, 0.29) is 29.0 Å². The summed E-state index contributed by atoms with van der Waals surface area (Å²) < 4.78 is 53.0. The van der Waals surface area contributed by atoms with Gasteiger partial charge in [0.05, 0.1) is 44.5 Å². The molecule has 3 aromatic rings. The number of amides is 1. The highest BCUT2D eigenvalue weighted by atomic mass is 32.2. The summed E-state index contributed by atoms with van der Waals surface area (Å²) >= 11 is 1.26. The summed E-state index contributed by atoms with van der Waals surface area (Å²) in [5.41, 5.74) is 2.82. The molecule has 1 aliphatic rings. The zero-order valence-electron chi connectivity index (χ0n) is 18.1. The van der Waals surface area contributed by atoms with E-state index in [4.69, 9.17) is 0 Å². The van der Waals surface area contributed by atoms with Crippen LogP contribution in [0.3, 0.4) is 0 Å². The van der Waals surface area contributed by atoms with E-state index in [0.29, 0.717) is 35.5 Å². The van der Waals surface area contributed by atoms with Gasteiger partial charge in [-0.05, 0) is 19.1 Å². The van der Waals surface area contributed by atoms with Crippen LogP contribution < -0.4 is 4.90 Å². The lowest BCUT2D eigenvalue weighted by molar-refractivity contribution is -0.133. The van der Waals surface area contributed by atoms with Gasteiger partial charge in [-0.3, -0.25) is 4.79 Å². The second-order valence-electron chi connectivity index (χ2n) is 8.06. The summed E-state index contributed by atoms with van der Waals surface area (Å²) in [7, 11) is -3.64. The van der Waals surface area contributed by atoms with Crippen molar-refractivity contribution < 1.29 is 22.0 Å². The van der Waals surface area contributed by atoms with Crippen molar-refractivity contribution in [3.8, 4) is 0 Å². The van der Waals surface area contributed by atoms with Crippen LogP contribution in [0.5, 0.6) is 0 Å². The number of nitrogens with zero attached hydrogens (tertiary/aromatic N) is 5. The molecule has 1 aromatic carbocycles. The summed E-state index contributed by atoms with van der Waals surface area (Å²) in [5.74, 6) is -4.16. The molecule has 12 heteroatoms. The standard InChI is InChI=1S/C21H23F2N5O3S2/c1-14-12-27(15-10-24-20(25-11-15)21(2,22)23)7-8-28(14)18(29)6-9-33(30,31)17-5-3-4-16-19(17)32-13-26-16/h3-5,10-11,13-14H,6-9,12H2,1-2H3/t14-/m0/s1. The molecular weight excluding hydrogens is 472 g/mol. The molecule has 0 unspecified atom stereocenters. The van der Waals surface area contributed by atoms with E-state index in [1.165, 1.54) is 23.7 Å². The van der Waals surface area contributed by atoms with Crippen LogP contribution in [0.4, 0.5) is 14.5 Å². The van der Waals surface area contributed by atoms with Crippen LogP contribution in [0.1, 0.15) is 26.1 Å². The highest BCUT2D eigenvalue weighted by Crippen LogP contribution is 2.28. The largest absolute Gasteiger partial charge is 0.365 e. The second-order valence-corrected chi connectivity index (χ2v) is 11.0. The minimum atomic E-state index is -3.64. The molecule has 0 saturated carbocycles. The first-order chi connectivity index (χ1) is 15.6. The van der Waals surface area contributed by atoms with Crippen LogP contribution in [0.2, 0.25) is 0 Å². The number of rotatable bonds is 6. The van der Waals surface area contributed by atoms with Gasteiger partial charge in [-0.1, -0.05) is 6.07 Å². The van der Waals surface area contributed by atoms with Gasteiger partial charge < -0.3 is 9.80 Å². The predicted molar refractivity (Wildman–Crippen MR) is 121 cm³/mol. The molecule has 1 fully saturated rings. The highest BCUT2D eigenvalue weighted by Gasteiger charge is 2.31. The molecule has 176 valence electrons. The Morgan fingerprint density at radius 1 is 1.21 bits per heavy atom. The fraction of sp³-hybridized carbons (Fsp3) is 0.429. The molecular formula is C21H23F2N5O3S2. The Morgan fingerprint density at radius 3 is 2.61 bits per heavy atom. The third-order valence-electron chi connectivity index (χ3n) is 5.58. The van der Waals surface area contributed by atoms with Crippen molar-refractivity contribution in [2.75, 3.05) is 30.3 Å². The highest BCUT2D eigenvalue weighted by molar-refractivity contribution is 7.91. The van der Waals surface area contributed by atoms with E-state index in [2.05, 4.69) is 15.0 Å². The molecule has 0 spiro atoms. The molecule has 1 saturated heterocycles. The lowest BCUT2D eigenvalue weighted by atomic mass is 10.1. The van der Waals surface area contributed by atoms with Gasteiger partial charge in [0.15, 0.2) is 15.7 Å². The molecule has 0 radical (unpaired) electrons. The van der Waals surface area contributed by atoms with Crippen molar-refractivity contribution in [1.82, 2.24) is 19.9 Å². The summed E-state index contributed by atoms with van der Waals surface area (Å²) in [4.78, 5) is 28.3. The Bertz CT molecular complexity index is 1260. The van der Waals surface area contributed by atoms with Gasteiger partial charge in [0.25, 0.3) is 0 Å². The molecule has 8 nitrogen and oxygen atoms in total. The van der Waals surface area contributed by atoms with Crippen LogP contribution in [0, 0.1) is 0 Å². The third-order valence-corrected chi connectivity index (χ3v) is 8.34. The van der Waals surface area contributed by atoms with Gasteiger partial charge in [-0.25, -0.2) is 23.4 Å². The second kappa shape index (κ2) is 8.90. The van der Waals surface area contributed by atoms with Gasteiger partial charge >= 0.3 is 5.92 Å². The van der Waals surface area contributed by atoms with Gasteiger partial charge in [0.1, 0.15) is 0 Å². The predicted octanol–water partition coefficient (Wildman–Crippen LogP) is 3.10. The van der Waals surface area contributed by atoms with E-state index in [1.807, 2.05) is 11.8 Å². The number of alkyl halides is 2. The van der Waals surface area contributed by atoms with Gasteiger partial charge in [-0.15, -0.1) is 11.3 Å². The summed E-state index contributed by atoms with van der Waals surface area (Å²) in [6.07, 6.45) is 2.60. The van der Waals surface area contributed by atoms with Crippen molar-refractivity contribution in [1.29, 1.82) is 0 Å². The van der Waals surface area contributed by atoms with E-state index in [1.54, 1.807) is 28.6 Å². The summed E-state index contributed by atoms with van der Waals surface area (Å²) in [6, 6.07) is 4.76. The molecule has 0 bridgehead atoms. The fourth-order valence-corrected chi connectivity index (χ4v) is 6.41. The normalized spacial score (nSPS) is 17.5. The number of piperazine rings is 1. The first kappa shape index (κ1) is 23.4. The lowest BCUT2D eigenvalue weighted by Gasteiger charge is -2.40.